The molecule has 328 valence electrons. The normalized spacial score (nSPS) is 25.5. The van der Waals surface area contributed by atoms with Crippen molar-refractivity contribution in [3.05, 3.63) is 71.5 Å². The zero-order valence-electron chi connectivity index (χ0n) is 35.6. The summed E-state index contributed by atoms with van der Waals surface area (Å²) in [5.74, 6) is 1.40. The monoisotopic (exact) mass is 853 g/mol. The van der Waals surface area contributed by atoms with Crippen LogP contribution in [0.3, 0.4) is 0 Å². The topological polar surface area (TPSA) is 189 Å². The fourth-order valence-electron chi connectivity index (χ4n) is 12.2. The summed E-state index contributed by atoms with van der Waals surface area (Å²) < 4.78 is 8.46. The van der Waals surface area contributed by atoms with Gasteiger partial charge in [0.05, 0.1) is 31.1 Å². The minimum absolute atomic E-state index is 0.0985. The number of nitrogens with two attached hydrogens (primary N) is 1. The number of aromatic nitrogens is 4. The molecule has 4 N–H and O–H groups in total. The zero-order chi connectivity index (χ0) is 43.0. The number of aromatic hydroxyl groups is 1. The first kappa shape index (κ1) is 40.0. The van der Waals surface area contributed by atoms with Crippen molar-refractivity contribution in [2.24, 2.45) is 17.3 Å². The number of imide groups is 1. The maximum atomic E-state index is 13.9. The van der Waals surface area contributed by atoms with Gasteiger partial charge in [0.1, 0.15) is 17.5 Å². The van der Waals surface area contributed by atoms with E-state index in [-0.39, 0.29) is 35.3 Å². The molecule has 1 unspecified atom stereocenters. The second kappa shape index (κ2) is 15.5. The van der Waals surface area contributed by atoms with Gasteiger partial charge in [-0.2, -0.15) is 5.10 Å². The summed E-state index contributed by atoms with van der Waals surface area (Å²) in [4.78, 5) is 57.9. The first-order valence-electron chi connectivity index (χ1n) is 23.0. The van der Waals surface area contributed by atoms with Gasteiger partial charge in [0, 0.05) is 90.1 Å². The van der Waals surface area contributed by atoms with Gasteiger partial charge < -0.3 is 30.3 Å². The van der Waals surface area contributed by atoms with Crippen molar-refractivity contribution in [3.63, 3.8) is 0 Å². The number of phenols is 1. The van der Waals surface area contributed by atoms with E-state index in [2.05, 4.69) is 36.2 Å². The van der Waals surface area contributed by atoms with E-state index < -0.39 is 11.9 Å². The number of nitrogens with zero attached hydrogens (tertiary/aromatic N) is 7. The van der Waals surface area contributed by atoms with E-state index in [9.17, 15) is 24.3 Å². The van der Waals surface area contributed by atoms with Crippen molar-refractivity contribution in [1.29, 1.82) is 0 Å². The molecule has 0 radical (unpaired) electrons. The minimum Gasteiger partial charge on any atom is -0.507 e. The van der Waals surface area contributed by atoms with Crippen LogP contribution in [0, 0.1) is 17.3 Å². The van der Waals surface area contributed by atoms with Crippen LogP contribution in [0.5, 0.6) is 11.5 Å². The van der Waals surface area contributed by atoms with Crippen molar-refractivity contribution in [2.45, 2.75) is 101 Å². The minimum atomic E-state index is -0.657. The number of nitrogens with one attached hydrogen (secondary N) is 1. The van der Waals surface area contributed by atoms with Crippen molar-refractivity contribution in [1.82, 2.24) is 40.0 Å². The molecule has 5 aliphatic heterocycles. The van der Waals surface area contributed by atoms with Gasteiger partial charge in [-0.05, 0) is 106 Å². The Bertz CT molecular complexity index is 2490. The Balaban J connectivity index is 0.630. The molecule has 5 fully saturated rings. The van der Waals surface area contributed by atoms with Gasteiger partial charge in [-0.3, -0.25) is 29.2 Å². The second-order valence-corrected chi connectivity index (χ2v) is 19.6. The number of amides is 4. The lowest BCUT2D eigenvalue weighted by atomic mass is 9.67. The van der Waals surface area contributed by atoms with Crippen LogP contribution in [0.4, 0.5) is 5.82 Å². The maximum Gasteiger partial charge on any atom is 0.255 e. The third-order valence-corrected chi connectivity index (χ3v) is 15.9. The molecular weight excluding hydrogens is 799 g/mol. The molecule has 11 rings (SSSR count). The summed E-state index contributed by atoms with van der Waals surface area (Å²) in [5.41, 5.74) is 11.8. The van der Waals surface area contributed by atoms with E-state index >= 15 is 0 Å². The van der Waals surface area contributed by atoms with E-state index in [1.807, 2.05) is 36.5 Å². The number of anilines is 1. The first-order chi connectivity index (χ1) is 30.6. The summed E-state index contributed by atoms with van der Waals surface area (Å²) in [6.45, 7) is 5.70. The van der Waals surface area contributed by atoms with E-state index in [1.165, 1.54) is 12.8 Å². The number of fused-ring (bicyclic) bond motifs is 4. The Morgan fingerprint density at radius 3 is 2.44 bits per heavy atom. The highest BCUT2D eigenvalue weighted by molar-refractivity contribution is 6.06. The fraction of sp³-hybridized carbons (Fsp3) is 0.521. The molecule has 15 heteroatoms. The molecule has 2 aliphatic carbocycles. The lowest BCUT2D eigenvalue weighted by molar-refractivity contribution is -0.139. The highest BCUT2D eigenvalue weighted by Crippen LogP contribution is 2.51. The average Bonchev–Trinajstić information content (AvgIpc) is 4.01. The predicted molar refractivity (Wildman–Crippen MR) is 232 cm³/mol. The predicted octanol–water partition coefficient (Wildman–Crippen LogP) is 5.23. The first-order valence-corrected chi connectivity index (χ1v) is 23.0. The Morgan fingerprint density at radius 2 is 1.68 bits per heavy atom. The van der Waals surface area contributed by atoms with Crippen molar-refractivity contribution in [3.8, 4) is 33.9 Å². The van der Waals surface area contributed by atoms with E-state index in [0.29, 0.717) is 78.6 Å². The molecule has 2 aromatic heterocycles. The summed E-state index contributed by atoms with van der Waals surface area (Å²) in [6.07, 6.45) is 14.8. The molecular formula is C48H55N9O6. The van der Waals surface area contributed by atoms with Crippen LogP contribution < -0.4 is 15.8 Å². The molecule has 3 saturated heterocycles. The average molecular weight is 854 g/mol. The van der Waals surface area contributed by atoms with Crippen LogP contribution in [0.1, 0.15) is 105 Å². The summed E-state index contributed by atoms with van der Waals surface area (Å²) in [5, 5.41) is 25.9. The lowest BCUT2D eigenvalue weighted by Gasteiger charge is -2.54. The van der Waals surface area contributed by atoms with Crippen LogP contribution in [0.25, 0.3) is 22.4 Å². The molecule has 7 aliphatic rings. The number of nitrogen functional groups attached to an aromatic ring is 1. The number of piperidine rings is 2. The van der Waals surface area contributed by atoms with Gasteiger partial charge >= 0.3 is 0 Å². The maximum absolute atomic E-state index is 13.9. The molecule has 2 saturated carbocycles. The van der Waals surface area contributed by atoms with E-state index in [4.69, 9.17) is 15.6 Å². The lowest BCUT2D eigenvalue weighted by Crippen LogP contribution is -2.58. The summed E-state index contributed by atoms with van der Waals surface area (Å²) >= 11 is 0. The van der Waals surface area contributed by atoms with Crippen LogP contribution >= 0.6 is 0 Å². The van der Waals surface area contributed by atoms with Crippen molar-refractivity contribution >= 4 is 29.4 Å². The number of ether oxygens (including phenoxy) is 1. The number of benzene rings is 2. The Labute approximate surface area is 366 Å². The Hall–Kier alpha value is -5.83. The van der Waals surface area contributed by atoms with Gasteiger partial charge in [0.2, 0.25) is 17.7 Å². The molecule has 4 aromatic rings. The summed E-state index contributed by atoms with van der Waals surface area (Å²) in [6, 6.07) is 12.6. The number of rotatable bonds is 7. The van der Waals surface area contributed by atoms with Crippen LogP contribution in [-0.2, 0) is 26.3 Å². The molecule has 63 heavy (non-hydrogen) atoms. The molecule has 2 spiro atoms. The third-order valence-electron chi connectivity index (χ3n) is 15.9. The van der Waals surface area contributed by atoms with Gasteiger partial charge in [0.25, 0.3) is 5.91 Å². The number of carbonyl (C=O) groups is 4. The zero-order valence-corrected chi connectivity index (χ0v) is 35.6. The largest absolute Gasteiger partial charge is 0.507 e. The van der Waals surface area contributed by atoms with E-state index in [0.717, 1.165) is 99.0 Å². The van der Waals surface area contributed by atoms with E-state index in [1.54, 1.807) is 17.0 Å². The van der Waals surface area contributed by atoms with Gasteiger partial charge in [-0.1, -0.05) is 18.2 Å². The van der Waals surface area contributed by atoms with Crippen molar-refractivity contribution in [2.75, 3.05) is 45.1 Å². The highest BCUT2D eigenvalue weighted by Gasteiger charge is 2.49. The van der Waals surface area contributed by atoms with Crippen LogP contribution in [0.15, 0.2) is 54.9 Å². The Morgan fingerprint density at radius 1 is 0.905 bits per heavy atom. The molecule has 0 bridgehead atoms. The standard InChI is InChI=1S/C48H55N9O6/c49-43-35(21-38(52-53-43)34-3-1-2-4-40(34)58)31-22-50-57(24-31)32-13-15-47(16-14-32)26-54(27-47)23-29-5-7-30(8-6-29)45(61)55-19-17-48(18-20-55)28-63-42-36-25-56(39-11-12-41(59)51-44(39)60)46(62)33(36)9-10-37(42)48/h1-4,9-10,21-22,24,29-30,32,39,58H,5-8,11-20,23,25-28H2,(H2,49,53)(H,51,59,60). The Kier molecular flexibility index (Phi) is 9.81. The number of carbonyl (C=O) groups excluding carboxylic acids is 4. The van der Waals surface area contributed by atoms with Crippen molar-refractivity contribution < 1.29 is 29.0 Å². The number of phenolic OH excluding ortho intramolecular Hbond substituents is 1. The molecule has 4 amide bonds. The van der Waals surface area contributed by atoms with Crippen LogP contribution in [-0.4, -0.2) is 109 Å². The SMILES string of the molecule is Nc1nnc(-c2ccccc2O)cc1-c1cnn(C2CCC3(CC2)CN(CC2CCC(C(=O)N4CCC5(CC4)COc4c5ccc5c4CN(C4CCC(=O)NC4=O)C5=O)CC2)C3)c1. The van der Waals surface area contributed by atoms with Crippen LogP contribution in [0.2, 0.25) is 0 Å². The molecule has 2 aromatic carbocycles. The molecule has 1 atom stereocenters. The molecule has 15 nitrogen and oxygen atoms in total. The number of para-hydroxylation sites is 1. The quantitative estimate of drug-likeness (QED) is 0.207. The molecule has 7 heterocycles. The van der Waals surface area contributed by atoms with Gasteiger partial charge in [-0.25, -0.2) is 0 Å². The van der Waals surface area contributed by atoms with Gasteiger partial charge in [-0.15, -0.1) is 10.2 Å². The fourth-order valence-corrected chi connectivity index (χ4v) is 12.2. The number of hydrogen-bond donors (Lipinski definition) is 3. The smallest absolute Gasteiger partial charge is 0.255 e. The highest BCUT2D eigenvalue weighted by atomic mass is 16.5. The van der Waals surface area contributed by atoms with Gasteiger partial charge in [0.15, 0.2) is 5.82 Å². The number of likely N-dealkylation sites (tertiary alicyclic amines) is 2. The summed E-state index contributed by atoms with van der Waals surface area (Å²) in [7, 11) is 0. The second-order valence-electron chi connectivity index (χ2n) is 19.6. The number of hydrogen-bond acceptors (Lipinski definition) is 11. The third kappa shape index (κ3) is 7.03.